The summed E-state index contributed by atoms with van der Waals surface area (Å²) >= 11 is 0. The minimum Gasteiger partial charge on any atom is -0.463 e. The number of rotatable bonds is 4. The van der Waals surface area contributed by atoms with Gasteiger partial charge in [0, 0.05) is 21.0 Å². The number of hydrogen-bond acceptors (Lipinski definition) is 6. The van der Waals surface area contributed by atoms with Gasteiger partial charge in [-0.15, -0.1) is 0 Å². The first-order chi connectivity index (χ1) is 7.54. The van der Waals surface area contributed by atoms with Crippen molar-refractivity contribution >= 4 is 11.9 Å². The standard InChI is InChI=1S/C10H16O6/c1-6(11)14-5-9-10(16-7(2)12)8(13-3)4-15-9/h8-10H,4-5H2,1-3H3/t8-,9+,10-/m0/s1. The molecule has 0 bridgehead atoms. The Balaban J connectivity index is 2.54. The van der Waals surface area contributed by atoms with Crippen LogP contribution < -0.4 is 0 Å². The first-order valence-electron chi connectivity index (χ1n) is 4.99. The van der Waals surface area contributed by atoms with E-state index in [4.69, 9.17) is 18.9 Å². The van der Waals surface area contributed by atoms with Crippen molar-refractivity contribution in [2.24, 2.45) is 0 Å². The van der Waals surface area contributed by atoms with Crippen molar-refractivity contribution in [3.63, 3.8) is 0 Å². The highest BCUT2D eigenvalue weighted by molar-refractivity contribution is 5.66. The van der Waals surface area contributed by atoms with E-state index in [1.807, 2.05) is 0 Å². The highest BCUT2D eigenvalue weighted by Crippen LogP contribution is 2.20. The number of methoxy groups -OCH3 is 1. The maximum atomic E-state index is 10.9. The Hall–Kier alpha value is -1.14. The summed E-state index contributed by atoms with van der Waals surface area (Å²) in [6, 6.07) is 0. The molecule has 3 atom stereocenters. The summed E-state index contributed by atoms with van der Waals surface area (Å²) in [5.41, 5.74) is 0. The van der Waals surface area contributed by atoms with E-state index in [1.54, 1.807) is 0 Å². The molecule has 6 heteroatoms. The molecule has 0 aliphatic carbocycles. The van der Waals surface area contributed by atoms with E-state index in [2.05, 4.69) is 0 Å². The topological polar surface area (TPSA) is 71.1 Å². The van der Waals surface area contributed by atoms with Crippen LogP contribution in [-0.2, 0) is 28.5 Å². The van der Waals surface area contributed by atoms with E-state index < -0.39 is 24.1 Å². The SMILES string of the molecule is CO[C@H]1CO[C@H](COC(C)=O)[C@H]1OC(C)=O. The summed E-state index contributed by atoms with van der Waals surface area (Å²) in [4.78, 5) is 21.6. The molecule has 1 fully saturated rings. The second-order valence-corrected chi connectivity index (χ2v) is 3.52. The molecule has 1 heterocycles. The molecule has 0 N–H and O–H groups in total. The third-order valence-electron chi connectivity index (χ3n) is 2.26. The molecule has 1 aliphatic heterocycles. The summed E-state index contributed by atoms with van der Waals surface area (Å²) in [6.07, 6.45) is -1.30. The molecule has 1 rings (SSSR count). The molecule has 92 valence electrons. The summed E-state index contributed by atoms with van der Waals surface area (Å²) < 4.78 is 20.4. The van der Waals surface area contributed by atoms with Gasteiger partial charge in [0.25, 0.3) is 0 Å². The molecule has 1 aliphatic rings. The maximum absolute atomic E-state index is 10.9. The molecule has 16 heavy (non-hydrogen) atoms. The monoisotopic (exact) mass is 232 g/mol. The van der Waals surface area contributed by atoms with Crippen LogP contribution in [0.3, 0.4) is 0 Å². The van der Waals surface area contributed by atoms with Gasteiger partial charge >= 0.3 is 11.9 Å². The first kappa shape index (κ1) is 12.9. The molecule has 0 amide bonds. The molecule has 6 nitrogen and oxygen atoms in total. The smallest absolute Gasteiger partial charge is 0.303 e. The fraction of sp³-hybridized carbons (Fsp3) is 0.800. The van der Waals surface area contributed by atoms with Gasteiger partial charge < -0.3 is 18.9 Å². The first-order valence-corrected chi connectivity index (χ1v) is 4.99. The summed E-state index contributed by atoms with van der Waals surface area (Å²) in [5.74, 6) is -0.809. The van der Waals surface area contributed by atoms with Crippen molar-refractivity contribution in [2.45, 2.75) is 32.2 Å². The lowest BCUT2D eigenvalue weighted by atomic mass is 10.1. The number of carbonyl (C=O) groups is 2. The van der Waals surface area contributed by atoms with Crippen LogP contribution in [0.25, 0.3) is 0 Å². The normalized spacial score (nSPS) is 28.8. The Morgan fingerprint density at radius 2 is 2.00 bits per heavy atom. The number of hydrogen-bond donors (Lipinski definition) is 0. The molecule has 0 aromatic rings. The number of carbonyl (C=O) groups excluding carboxylic acids is 2. The Labute approximate surface area is 93.8 Å². The molecule has 0 aromatic heterocycles. The van der Waals surface area contributed by atoms with Crippen LogP contribution in [0.5, 0.6) is 0 Å². The van der Waals surface area contributed by atoms with Crippen molar-refractivity contribution in [3.8, 4) is 0 Å². The van der Waals surface area contributed by atoms with Gasteiger partial charge in [-0.2, -0.15) is 0 Å². The van der Waals surface area contributed by atoms with E-state index in [9.17, 15) is 9.59 Å². The lowest BCUT2D eigenvalue weighted by molar-refractivity contribution is -0.157. The van der Waals surface area contributed by atoms with Crippen LogP contribution in [0, 0.1) is 0 Å². The predicted molar refractivity (Wildman–Crippen MR) is 52.7 cm³/mol. The van der Waals surface area contributed by atoms with Gasteiger partial charge in [-0.05, 0) is 0 Å². The molecule has 0 saturated carbocycles. The molecule has 0 aromatic carbocycles. The van der Waals surface area contributed by atoms with Crippen LogP contribution >= 0.6 is 0 Å². The number of esters is 2. The second kappa shape index (κ2) is 5.81. The second-order valence-electron chi connectivity index (χ2n) is 3.52. The predicted octanol–water partition coefficient (Wildman–Crippen LogP) is -0.105. The highest BCUT2D eigenvalue weighted by Gasteiger charge is 2.40. The van der Waals surface area contributed by atoms with Crippen LogP contribution in [0.2, 0.25) is 0 Å². The van der Waals surface area contributed by atoms with Crippen LogP contribution in [-0.4, -0.2) is 50.6 Å². The molecule has 0 spiro atoms. The van der Waals surface area contributed by atoms with Gasteiger partial charge in [-0.25, -0.2) is 0 Å². The molecule has 0 radical (unpaired) electrons. The zero-order chi connectivity index (χ0) is 12.1. The molecular formula is C10H16O6. The van der Waals surface area contributed by atoms with Crippen LogP contribution in [0.15, 0.2) is 0 Å². The Morgan fingerprint density at radius 1 is 1.31 bits per heavy atom. The van der Waals surface area contributed by atoms with E-state index in [1.165, 1.54) is 21.0 Å². The summed E-state index contributed by atoms with van der Waals surface area (Å²) in [5, 5.41) is 0. The van der Waals surface area contributed by atoms with Gasteiger partial charge in [-0.1, -0.05) is 0 Å². The Kier molecular flexibility index (Phi) is 4.70. The van der Waals surface area contributed by atoms with Crippen LogP contribution in [0.4, 0.5) is 0 Å². The van der Waals surface area contributed by atoms with Gasteiger partial charge in [0.2, 0.25) is 0 Å². The molecule has 0 unspecified atom stereocenters. The van der Waals surface area contributed by atoms with E-state index in [0.717, 1.165) is 0 Å². The lowest BCUT2D eigenvalue weighted by Crippen LogP contribution is -2.38. The fourth-order valence-electron chi connectivity index (χ4n) is 1.54. The Morgan fingerprint density at radius 3 is 2.50 bits per heavy atom. The fourth-order valence-corrected chi connectivity index (χ4v) is 1.54. The zero-order valence-corrected chi connectivity index (χ0v) is 9.60. The largest absolute Gasteiger partial charge is 0.463 e. The zero-order valence-electron chi connectivity index (χ0n) is 9.60. The van der Waals surface area contributed by atoms with Crippen molar-refractivity contribution in [2.75, 3.05) is 20.3 Å². The van der Waals surface area contributed by atoms with Gasteiger partial charge in [0.1, 0.15) is 18.8 Å². The Bertz CT molecular complexity index is 264. The van der Waals surface area contributed by atoms with E-state index in [0.29, 0.717) is 6.61 Å². The average Bonchev–Trinajstić information content (AvgIpc) is 2.56. The van der Waals surface area contributed by atoms with Gasteiger partial charge in [0.05, 0.1) is 6.61 Å². The molecular weight excluding hydrogens is 216 g/mol. The van der Waals surface area contributed by atoms with Gasteiger partial charge in [0.15, 0.2) is 6.10 Å². The van der Waals surface area contributed by atoms with E-state index in [-0.39, 0.29) is 12.7 Å². The third kappa shape index (κ3) is 3.46. The van der Waals surface area contributed by atoms with Crippen molar-refractivity contribution < 1.29 is 28.5 Å². The van der Waals surface area contributed by atoms with E-state index >= 15 is 0 Å². The minimum absolute atomic E-state index is 0.0626. The number of ether oxygens (including phenoxy) is 4. The van der Waals surface area contributed by atoms with Crippen molar-refractivity contribution in [1.82, 2.24) is 0 Å². The average molecular weight is 232 g/mol. The maximum Gasteiger partial charge on any atom is 0.303 e. The lowest BCUT2D eigenvalue weighted by Gasteiger charge is -2.21. The quantitative estimate of drug-likeness (QED) is 0.630. The summed E-state index contributed by atoms with van der Waals surface area (Å²) in [6.45, 7) is 3.01. The third-order valence-corrected chi connectivity index (χ3v) is 2.26. The van der Waals surface area contributed by atoms with Crippen LogP contribution in [0.1, 0.15) is 13.8 Å². The van der Waals surface area contributed by atoms with Crippen molar-refractivity contribution in [1.29, 1.82) is 0 Å². The summed E-state index contributed by atoms with van der Waals surface area (Å²) in [7, 11) is 1.51. The minimum atomic E-state index is -0.526. The highest BCUT2D eigenvalue weighted by atomic mass is 16.6. The van der Waals surface area contributed by atoms with Crippen molar-refractivity contribution in [3.05, 3.63) is 0 Å². The van der Waals surface area contributed by atoms with Gasteiger partial charge in [-0.3, -0.25) is 9.59 Å². The molecule has 1 saturated heterocycles.